The summed E-state index contributed by atoms with van der Waals surface area (Å²) < 4.78 is 0. The van der Waals surface area contributed by atoms with Gasteiger partial charge in [0.05, 0.1) is 13.1 Å². The van der Waals surface area contributed by atoms with Gasteiger partial charge in [-0.05, 0) is 37.7 Å². The third-order valence-electron chi connectivity index (χ3n) is 3.22. The van der Waals surface area contributed by atoms with Crippen molar-refractivity contribution in [1.29, 1.82) is 0 Å². The first-order valence-corrected chi connectivity index (χ1v) is 7.78. The second kappa shape index (κ2) is 9.43. The van der Waals surface area contributed by atoms with E-state index in [1.165, 1.54) is 0 Å². The zero-order valence-electron chi connectivity index (χ0n) is 13.4. The van der Waals surface area contributed by atoms with Crippen LogP contribution in [0.4, 0.5) is 5.69 Å². The highest BCUT2D eigenvalue weighted by Gasteiger charge is 2.13. The van der Waals surface area contributed by atoms with Gasteiger partial charge in [-0.2, -0.15) is 0 Å². The van der Waals surface area contributed by atoms with Gasteiger partial charge < -0.3 is 10.2 Å². The number of halogens is 1. The number of nitrogens with zero attached hydrogens (tertiary/aromatic N) is 2. The van der Waals surface area contributed by atoms with Gasteiger partial charge in [0.25, 0.3) is 0 Å². The third-order valence-corrected chi connectivity index (χ3v) is 3.47. The highest BCUT2D eigenvalue weighted by Crippen LogP contribution is 2.13. The predicted molar refractivity (Wildman–Crippen MR) is 90.1 cm³/mol. The first-order valence-electron chi connectivity index (χ1n) is 7.40. The van der Waals surface area contributed by atoms with Gasteiger partial charge in [-0.15, -0.1) is 0 Å². The number of likely N-dealkylation sites (N-methyl/N-ethyl adjacent to an activating group) is 2. The maximum absolute atomic E-state index is 12.0. The van der Waals surface area contributed by atoms with E-state index >= 15 is 0 Å². The van der Waals surface area contributed by atoms with Crippen molar-refractivity contribution in [3.05, 3.63) is 29.3 Å². The van der Waals surface area contributed by atoms with Crippen molar-refractivity contribution >= 4 is 29.1 Å². The molecule has 0 radical (unpaired) electrons. The third kappa shape index (κ3) is 6.91. The number of hydrogen-bond donors (Lipinski definition) is 1. The average Bonchev–Trinajstić information content (AvgIpc) is 2.46. The van der Waals surface area contributed by atoms with Gasteiger partial charge in [-0.1, -0.05) is 24.9 Å². The smallest absolute Gasteiger partial charge is 0.238 e. The van der Waals surface area contributed by atoms with E-state index in [9.17, 15) is 9.59 Å². The molecule has 0 heterocycles. The number of unbranched alkanes of at least 4 members (excludes halogenated alkanes) is 1. The van der Waals surface area contributed by atoms with Crippen LogP contribution in [-0.4, -0.2) is 55.3 Å². The quantitative estimate of drug-likeness (QED) is 0.799. The van der Waals surface area contributed by atoms with Crippen molar-refractivity contribution in [3.8, 4) is 0 Å². The van der Waals surface area contributed by atoms with Crippen LogP contribution in [0.15, 0.2) is 24.3 Å². The molecule has 0 aliphatic rings. The molecule has 0 spiro atoms. The Hall–Kier alpha value is -1.59. The molecule has 122 valence electrons. The number of nitrogens with one attached hydrogen (secondary N) is 1. The molecule has 0 atom stereocenters. The molecule has 0 saturated carbocycles. The molecule has 0 aliphatic carbocycles. The summed E-state index contributed by atoms with van der Waals surface area (Å²) in [7, 11) is 3.55. The second-order valence-electron chi connectivity index (χ2n) is 5.40. The molecule has 6 heteroatoms. The van der Waals surface area contributed by atoms with Gasteiger partial charge in [-0.25, -0.2) is 0 Å². The SMILES string of the molecule is CCCCN(C)C(=O)CN(C)CC(=O)Nc1ccc(Cl)cc1. The Morgan fingerprint density at radius 1 is 1.14 bits per heavy atom. The predicted octanol–water partition coefficient (Wildman–Crippen LogP) is 2.47. The van der Waals surface area contributed by atoms with Gasteiger partial charge >= 0.3 is 0 Å². The maximum Gasteiger partial charge on any atom is 0.238 e. The molecule has 5 nitrogen and oxygen atoms in total. The molecule has 0 unspecified atom stereocenters. The van der Waals surface area contributed by atoms with Gasteiger partial charge in [0.1, 0.15) is 0 Å². The van der Waals surface area contributed by atoms with Crippen molar-refractivity contribution in [3.63, 3.8) is 0 Å². The van der Waals surface area contributed by atoms with E-state index < -0.39 is 0 Å². The zero-order valence-corrected chi connectivity index (χ0v) is 14.2. The topological polar surface area (TPSA) is 52.7 Å². The molecule has 22 heavy (non-hydrogen) atoms. The molecule has 0 aliphatic heterocycles. The average molecular weight is 326 g/mol. The van der Waals surface area contributed by atoms with Gasteiger partial charge in [0.2, 0.25) is 11.8 Å². The van der Waals surface area contributed by atoms with Gasteiger partial charge in [0.15, 0.2) is 0 Å². The molecule has 1 aromatic rings. The Bertz CT molecular complexity index is 491. The number of carbonyl (C=O) groups is 2. The number of benzene rings is 1. The van der Waals surface area contributed by atoms with Crippen LogP contribution < -0.4 is 5.32 Å². The Kier molecular flexibility index (Phi) is 7.91. The largest absolute Gasteiger partial charge is 0.345 e. The van der Waals surface area contributed by atoms with E-state index in [-0.39, 0.29) is 24.9 Å². The van der Waals surface area contributed by atoms with Crippen LogP contribution in [0, 0.1) is 0 Å². The Labute approximate surface area is 137 Å². The first kappa shape index (κ1) is 18.5. The van der Waals surface area contributed by atoms with Crippen LogP contribution in [-0.2, 0) is 9.59 Å². The lowest BCUT2D eigenvalue weighted by Crippen LogP contribution is -2.40. The lowest BCUT2D eigenvalue weighted by atomic mass is 10.3. The Morgan fingerprint density at radius 3 is 2.36 bits per heavy atom. The van der Waals surface area contributed by atoms with Crippen LogP contribution >= 0.6 is 11.6 Å². The monoisotopic (exact) mass is 325 g/mol. The summed E-state index contributed by atoms with van der Waals surface area (Å²) in [5.74, 6) is -0.135. The molecule has 0 saturated heterocycles. The van der Waals surface area contributed by atoms with E-state index in [2.05, 4.69) is 12.2 Å². The van der Waals surface area contributed by atoms with E-state index in [0.29, 0.717) is 10.7 Å². The molecule has 1 rings (SSSR count). The fourth-order valence-electron chi connectivity index (χ4n) is 1.91. The van der Waals surface area contributed by atoms with Crippen LogP contribution in [0.2, 0.25) is 5.02 Å². The summed E-state index contributed by atoms with van der Waals surface area (Å²) in [6, 6.07) is 6.91. The normalized spacial score (nSPS) is 10.6. The van der Waals surface area contributed by atoms with Crippen molar-refractivity contribution in [2.24, 2.45) is 0 Å². The minimum Gasteiger partial charge on any atom is -0.345 e. The molecule has 1 N–H and O–H groups in total. The summed E-state index contributed by atoms with van der Waals surface area (Å²) in [6.07, 6.45) is 2.04. The summed E-state index contributed by atoms with van der Waals surface area (Å²) >= 11 is 5.79. The first-order chi connectivity index (χ1) is 10.4. The van der Waals surface area contributed by atoms with Crippen LogP contribution in [0.5, 0.6) is 0 Å². The molecular formula is C16H24ClN3O2. The van der Waals surface area contributed by atoms with Crippen molar-refractivity contribution < 1.29 is 9.59 Å². The van der Waals surface area contributed by atoms with E-state index in [4.69, 9.17) is 11.6 Å². The second-order valence-corrected chi connectivity index (χ2v) is 5.83. The number of anilines is 1. The summed E-state index contributed by atoms with van der Waals surface area (Å²) in [5.41, 5.74) is 0.689. The number of amides is 2. The van der Waals surface area contributed by atoms with Crippen molar-refractivity contribution in [1.82, 2.24) is 9.80 Å². The van der Waals surface area contributed by atoms with Crippen molar-refractivity contribution in [2.75, 3.05) is 39.0 Å². The molecule has 0 bridgehead atoms. The molecule has 0 aromatic heterocycles. The van der Waals surface area contributed by atoms with Crippen molar-refractivity contribution in [2.45, 2.75) is 19.8 Å². The van der Waals surface area contributed by atoms with Gasteiger partial charge in [-0.3, -0.25) is 14.5 Å². The minimum absolute atomic E-state index is 0.0234. The Morgan fingerprint density at radius 2 is 1.77 bits per heavy atom. The number of hydrogen-bond acceptors (Lipinski definition) is 3. The zero-order chi connectivity index (χ0) is 16.5. The minimum atomic E-state index is -0.158. The van der Waals surface area contributed by atoms with E-state index in [0.717, 1.165) is 19.4 Å². The molecule has 2 amide bonds. The van der Waals surface area contributed by atoms with Gasteiger partial charge in [0, 0.05) is 24.3 Å². The highest BCUT2D eigenvalue weighted by atomic mass is 35.5. The Balaban J connectivity index is 2.37. The molecular weight excluding hydrogens is 302 g/mol. The summed E-state index contributed by atoms with van der Waals surface area (Å²) in [6.45, 7) is 3.23. The van der Waals surface area contributed by atoms with E-state index in [1.807, 2.05) is 0 Å². The van der Waals surface area contributed by atoms with Crippen LogP contribution in [0.1, 0.15) is 19.8 Å². The lowest BCUT2D eigenvalue weighted by molar-refractivity contribution is -0.131. The maximum atomic E-state index is 12.0. The standard InChI is InChI=1S/C16H24ClN3O2/c1-4-5-10-20(3)16(22)12-19(2)11-15(21)18-14-8-6-13(17)7-9-14/h6-9H,4-5,10-12H2,1-3H3,(H,18,21). The molecule has 0 fully saturated rings. The van der Waals surface area contributed by atoms with E-state index in [1.54, 1.807) is 48.2 Å². The van der Waals surface area contributed by atoms with Crippen LogP contribution in [0.3, 0.4) is 0 Å². The fourth-order valence-corrected chi connectivity index (χ4v) is 2.03. The molecule has 1 aromatic carbocycles. The van der Waals surface area contributed by atoms with Crippen LogP contribution in [0.25, 0.3) is 0 Å². The highest BCUT2D eigenvalue weighted by molar-refractivity contribution is 6.30. The summed E-state index contributed by atoms with van der Waals surface area (Å²) in [4.78, 5) is 27.3. The number of carbonyl (C=O) groups excluding carboxylic acids is 2. The summed E-state index contributed by atoms with van der Waals surface area (Å²) in [5, 5.41) is 3.39. The lowest BCUT2D eigenvalue weighted by Gasteiger charge is -2.21. The fraction of sp³-hybridized carbons (Fsp3) is 0.500. The number of rotatable bonds is 8.